The molecule has 0 spiro atoms. The van der Waals surface area contributed by atoms with Crippen LogP contribution in [-0.4, -0.2) is 11.7 Å². The van der Waals surface area contributed by atoms with Crippen LogP contribution >= 0.6 is 0 Å². The van der Waals surface area contributed by atoms with Gasteiger partial charge < -0.3 is 10.4 Å². The van der Waals surface area contributed by atoms with Crippen LogP contribution in [0.5, 0.6) is 0 Å². The maximum atomic E-state index is 10.2. The van der Waals surface area contributed by atoms with Crippen LogP contribution in [0.25, 0.3) is 0 Å². The average Bonchev–Trinajstić information content (AvgIpc) is 2.39. The fourth-order valence-electron chi connectivity index (χ4n) is 2.26. The Bertz CT molecular complexity index is 522. The Hall–Kier alpha value is -1.64. The third kappa shape index (κ3) is 3.91. The standard InChI is InChI=1S/C17H21NO/c1-13-8-9-16(14(2)10-13)17(19)12-18-11-15-6-4-3-5-7-15/h3-10,17-19H,11-12H2,1-2H3. The largest absolute Gasteiger partial charge is 0.387 e. The summed E-state index contributed by atoms with van der Waals surface area (Å²) in [5.41, 5.74) is 4.61. The van der Waals surface area contributed by atoms with Gasteiger partial charge in [-0.25, -0.2) is 0 Å². The molecule has 19 heavy (non-hydrogen) atoms. The van der Waals surface area contributed by atoms with Gasteiger partial charge in [0, 0.05) is 13.1 Å². The Balaban J connectivity index is 1.89. The van der Waals surface area contributed by atoms with Crippen LogP contribution in [0.2, 0.25) is 0 Å². The first-order chi connectivity index (χ1) is 9.16. The maximum Gasteiger partial charge on any atom is 0.0917 e. The van der Waals surface area contributed by atoms with Crippen molar-refractivity contribution in [2.45, 2.75) is 26.5 Å². The van der Waals surface area contributed by atoms with Crippen LogP contribution in [0.4, 0.5) is 0 Å². The first-order valence-electron chi connectivity index (χ1n) is 6.66. The van der Waals surface area contributed by atoms with Gasteiger partial charge in [-0.1, -0.05) is 54.1 Å². The molecule has 100 valence electrons. The SMILES string of the molecule is Cc1ccc(C(O)CNCc2ccccc2)c(C)c1. The third-order valence-corrected chi connectivity index (χ3v) is 3.29. The number of nitrogens with one attached hydrogen (secondary N) is 1. The first kappa shape index (κ1) is 13.8. The highest BCUT2D eigenvalue weighted by Crippen LogP contribution is 2.18. The molecular weight excluding hydrogens is 234 g/mol. The molecule has 2 aromatic rings. The molecule has 0 aromatic heterocycles. The van der Waals surface area contributed by atoms with E-state index >= 15 is 0 Å². The molecule has 0 heterocycles. The average molecular weight is 255 g/mol. The molecule has 1 unspecified atom stereocenters. The molecule has 0 saturated heterocycles. The van der Waals surface area contributed by atoms with Gasteiger partial charge in [-0.15, -0.1) is 0 Å². The van der Waals surface area contributed by atoms with Crippen molar-refractivity contribution in [3.63, 3.8) is 0 Å². The van der Waals surface area contributed by atoms with Crippen molar-refractivity contribution >= 4 is 0 Å². The lowest BCUT2D eigenvalue weighted by atomic mass is 10.0. The second-order valence-corrected chi connectivity index (χ2v) is 4.99. The van der Waals surface area contributed by atoms with Gasteiger partial charge in [-0.3, -0.25) is 0 Å². The van der Waals surface area contributed by atoms with E-state index in [-0.39, 0.29) is 0 Å². The molecule has 0 saturated carbocycles. The van der Waals surface area contributed by atoms with E-state index < -0.39 is 6.10 Å². The fourth-order valence-corrected chi connectivity index (χ4v) is 2.26. The topological polar surface area (TPSA) is 32.3 Å². The second-order valence-electron chi connectivity index (χ2n) is 4.99. The van der Waals surface area contributed by atoms with Crippen molar-refractivity contribution in [3.05, 3.63) is 70.8 Å². The van der Waals surface area contributed by atoms with Crippen molar-refractivity contribution in [1.82, 2.24) is 5.32 Å². The predicted molar refractivity (Wildman–Crippen MR) is 79.0 cm³/mol. The van der Waals surface area contributed by atoms with Gasteiger partial charge in [0.05, 0.1) is 6.10 Å². The highest BCUT2D eigenvalue weighted by molar-refractivity contribution is 5.32. The van der Waals surface area contributed by atoms with Crippen molar-refractivity contribution in [3.8, 4) is 0 Å². The zero-order valence-electron chi connectivity index (χ0n) is 11.6. The highest BCUT2D eigenvalue weighted by Gasteiger charge is 2.09. The zero-order valence-corrected chi connectivity index (χ0v) is 11.6. The fraction of sp³-hybridized carbons (Fsp3) is 0.294. The van der Waals surface area contributed by atoms with E-state index in [2.05, 4.69) is 30.4 Å². The summed E-state index contributed by atoms with van der Waals surface area (Å²) < 4.78 is 0. The molecule has 2 heteroatoms. The predicted octanol–water partition coefficient (Wildman–Crippen LogP) is 3.13. The van der Waals surface area contributed by atoms with Gasteiger partial charge in [-0.05, 0) is 30.5 Å². The Morgan fingerprint density at radius 3 is 2.47 bits per heavy atom. The van der Waals surface area contributed by atoms with E-state index in [1.165, 1.54) is 11.1 Å². The number of hydrogen-bond acceptors (Lipinski definition) is 2. The van der Waals surface area contributed by atoms with Crippen LogP contribution in [-0.2, 0) is 6.54 Å². The van der Waals surface area contributed by atoms with Crippen molar-refractivity contribution in [2.75, 3.05) is 6.54 Å². The second kappa shape index (κ2) is 6.50. The van der Waals surface area contributed by atoms with Gasteiger partial charge >= 0.3 is 0 Å². The van der Waals surface area contributed by atoms with Crippen molar-refractivity contribution < 1.29 is 5.11 Å². The Labute approximate surface area is 115 Å². The molecule has 0 aliphatic carbocycles. The molecule has 0 amide bonds. The Kier molecular flexibility index (Phi) is 4.72. The molecule has 0 aliphatic rings. The molecule has 2 aromatic carbocycles. The molecule has 2 nitrogen and oxygen atoms in total. The van der Waals surface area contributed by atoms with E-state index in [0.29, 0.717) is 6.54 Å². The summed E-state index contributed by atoms with van der Waals surface area (Å²) >= 11 is 0. The van der Waals surface area contributed by atoms with E-state index in [1.54, 1.807) is 0 Å². The Morgan fingerprint density at radius 1 is 1.05 bits per heavy atom. The third-order valence-electron chi connectivity index (χ3n) is 3.29. The minimum Gasteiger partial charge on any atom is -0.387 e. The van der Waals surface area contributed by atoms with Crippen molar-refractivity contribution in [2.24, 2.45) is 0 Å². The lowest BCUT2D eigenvalue weighted by Gasteiger charge is -2.15. The van der Waals surface area contributed by atoms with Crippen LogP contribution < -0.4 is 5.32 Å². The summed E-state index contributed by atoms with van der Waals surface area (Å²) in [6.07, 6.45) is -0.454. The minimum absolute atomic E-state index is 0.454. The quantitative estimate of drug-likeness (QED) is 0.860. The number of benzene rings is 2. The normalized spacial score (nSPS) is 12.4. The molecule has 0 radical (unpaired) electrons. The van der Waals surface area contributed by atoms with E-state index in [9.17, 15) is 5.11 Å². The summed E-state index contributed by atoms with van der Waals surface area (Å²) in [5.74, 6) is 0. The van der Waals surface area contributed by atoms with Gasteiger partial charge in [-0.2, -0.15) is 0 Å². The smallest absolute Gasteiger partial charge is 0.0917 e. The van der Waals surface area contributed by atoms with Crippen molar-refractivity contribution in [1.29, 1.82) is 0 Å². The molecule has 0 aliphatic heterocycles. The van der Waals surface area contributed by atoms with Crippen LogP contribution in [0.3, 0.4) is 0 Å². The number of aliphatic hydroxyl groups excluding tert-OH is 1. The lowest BCUT2D eigenvalue weighted by Crippen LogP contribution is -2.21. The van der Waals surface area contributed by atoms with E-state index in [4.69, 9.17) is 0 Å². The minimum atomic E-state index is -0.454. The summed E-state index contributed by atoms with van der Waals surface area (Å²) in [5, 5.41) is 13.5. The van der Waals surface area contributed by atoms with Gasteiger partial charge in [0.2, 0.25) is 0 Å². The maximum absolute atomic E-state index is 10.2. The highest BCUT2D eigenvalue weighted by atomic mass is 16.3. The Morgan fingerprint density at radius 2 is 1.79 bits per heavy atom. The summed E-state index contributed by atoms with van der Waals surface area (Å²) in [6, 6.07) is 16.4. The molecule has 1 atom stereocenters. The number of aryl methyl sites for hydroxylation is 2. The molecule has 2 N–H and O–H groups in total. The number of aliphatic hydroxyl groups is 1. The van der Waals surface area contributed by atoms with E-state index in [0.717, 1.165) is 17.7 Å². The van der Waals surface area contributed by atoms with Crippen LogP contribution in [0, 0.1) is 13.8 Å². The number of rotatable bonds is 5. The zero-order chi connectivity index (χ0) is 13.7. The summed E-state index contributed by atoms with van der Waals surface area (Å²) in [4.78, 5) is 0. The lowest BCUT2D eigenvalue weighted by molar-refractivity contribution is 0.173. The van der Waals surface area contributed by atoms with Gasteiger partial charge in [0.15, 0.2) is 0 Å². The number of hydrogen-bond donors (Lipinski definition) is 2. The molecule has 0 fully saturated rings. The van der Waals surface area contributed by atoms with Crippen LogP contribution in [0.15, 0.2) is 48.5 Å². The van der Waals surface area contributed by atoms with Gasteiger partial charge in [0.25, 0.3) is 0 Å². The van der Waals surface area contributed by atoms with E-state index in [1.807, 2.05) is 37.3 Å². The molecular formula is C17H21NO. The molecule has 0 bridgehead atoms. The summed E-state index contributed by atoms with van der Waals surface area (Å²) in [7, 11) is 0. The molecule has 2 rings (SSSR count). The van der Waals surface area contributed by atoms with Crippen LogP contribution in [0.1, 0.15) is 28.4 Å². The first-order valence-corrected chi connectivity index (χ1v) is 6.66. The summed E-state index contributed by atoms with van der Waals surface area (Å²) in [6.45, 7) is 5.46. The monoisotopic (exact) mass is 255 g/mol. The van der Waals surface area contributed by atoms with Gasteiger partial charge in [0.1, 0.15) is 0 Å².